The van der Waals surface area contributed by atoms with Crippen molar-refractivity contribution in [3.05, 3.63) is 0 Å². The van der Waals surface area contributed by atoms with Gasteiger partial charge in [-0.15, -0.1) is 0 Å². The summed E-state index contributed by atoms with van der Waals surface area (Å²) in [4.78, 5) is 10.7. The molecule has 0 heterocycles. The summed E-state index contributed by atoms with van der Waals surface area (Å²) < 4.78 is 0. The average molecular weight is 170 g/mol. The summed E-state index contributed by atoms with van der Waals surface area (Å²) in [6, 6.07) is -0.189. The highest BCUT2D eigenvalue weighted by Crippen LogP contribution is 2.36. The quantitative estimate of drug-likeness (QED) is 0.631. The monoisotopic (exact) mass is 170 g/mol. The third-order valence-electron chi connectivity index (χ3n) is 2.60. The molecule has 0 bridgehead atoms. The molecule has 1 amide bonds. The molecule has 12 heavy (non-hydrogen) atoms. The molecule has 0 saturated heterocycles. The second-order valence-corrected chi connectivity index (χ2v) is 3.85. The lowest BCUT2D eigenvalue weighted by Crippen LogP contribution is -2.40. The van der Waals surface area contributed by atoms with Crippen LogP contribution in [0.25, 0.3) is 0 Å². The van der Waals surface area contributed by atoms with Crippen molar-refractivity contribution in [2.24, 2.45) is 17.6 Å². The molecule has 1 fully saturated rings. The van der Waals surface area contributed by atoms with Crippen molar-refractivity contribution < 1.29 is 4.79 Å². The van der Waals surface area contributed by atoms with Crippen molar-refractivity contribution in [1.29, 1.82) is 0 Å². The standard InChI is InChI=1S/C9H18N2O/c1-6(8-3-4-8)5-11-7(2)9(10)12/h6-8,11H,3-5H2,1-2H3,(H2,10,12). The van der Waals surface area contributed by atoms with E-state index in [-0.39, 0.29) is 11.9 Å². The fourth-order valence-corrected chi connectivity index (χ4v) is 1.30. The smallest absolute Gasteiger partial charge is 0.234 e. The van der Waals surface area contributed by atoms with E-state index in [0.717, 1.165) is 12.5 Å². The van der Waals surface area contributed by atoms with E-state index < -0.39 is 0 Å². The number of primary amides is 1. The predicted octanol–water partition coefficient (Wildman–Crippen LogP) is 0.496. The number of carbonyl (C=O) groups is 1. The lowest BCUT2D eigenvalue weighted by Gasteiger charge is -2.14. The summed E-state index contributed by atoms with van der Waals surface area (Å²) in [5, 5.41) is 3.13. The van der Waals surface area contributed by atoms with E-state index in [0.29, 0.717) is 5.92 Å². The van der Waals surface area contributed by atoms with Crippen LogP contribution in [0.3, 0.4) is 0 Å². The Labute approximate surface area is 73.7 Å². The molecule has 1 aliphatic rings. The first kappa shape index (κ1) is 9.52. The van der Waals surface area contributed by atoms with Crippen molar-refractivity contribution in [3.63, 3.8) is 0 Å². The predicted molar refractivity (Wildman–Crippen MR) is 48.5 cm³/mol. The van der Waals surface area contributed by atoms with Gasteiger partial charge in [0.2, 0.25) is 5.91 Å². The first-order valence-electron chi connectivity index (χ1n) is 4.64. The molecule has 2 unspecified atom stereocenters. The second-order valence-electron chi connectivity index (χ2n) is 3.85. The number of hydrogen-bond donors (Lipinski definition) is 2. The van der Waals surface area contributed by atoms with Crippen LogP contribution in [-0.4, -0.2) is 18.5 Å². The van der Waals surface area contributed by atoms with Crippen LogP contribution in [0.15, 0.2) is 0 Å². The molecule has 1 aliphatic carbocycles. The Bertz CT molecular complexity index is 166. The average Bonchev–Trinajstić information content (AvgIpc) is 2.81. The lowest BCUT2D eigenvalue weighted by atomic mass is 10.1. The Morgan fingerprint density at radius 1 is 1.58 bits per heavy atom. The van der Waals surface area contributed by atoms with Crippen LogP contribution in [0.4, 0.5) is 0 Å². The maximum Gasteiger partial charge on any atom is 0.234 e. The highest BCUT2D eigenvalue weighted by atomic mass is 16.1. The van der Waals surface area contributed by atoms with Gasteiger partial charge in [-0.2, -0.15) is 0 Å². The molecule has 0 aromatic rings. The normalized spacial score (nSPS) is 21.8. The van der Waals surface area contributed by atoms with Gasteiger partial charge in [0.25, 0.3) is 0 Å². The summed E-state index contributed by atoms with van der Waals surface area (Å²) in [5.41, 5.74) is 5.11. The number of rotatable bonds is 5. The van der Waals surface area contributed by atoms with Gasteiger partial charge in [-0.1, -0.05) is 6.92 Å². The van der Waals surface area contributed by atoms with Crippen LogP contribution >= 0.6 is 0 Å². The number of nitrogens with two attached hydrogens (primary N) is 1. The maximum absolute atomic E-state index is 10.7. The molecule has 0 aliphatic heterocycles. The summed E-state index contributed by atoms with van der Waals surface area (Å²) in [6.07, 6.45) is 2.71. The fourth-order valence-electron chi connectivity index (χ4n) is 1.30. The Hall–Kier alpha value is -0.570. The van der Waals surface area contributed by atoms with Crippen molar-refractivity contribution >= 4 is 5.91 Å². The number of amides is 1. The Kier molecular flexibility index (Phi) is 3.09. The number of nitrogens with one attached hydrogen (secondary N) is 1. The zero-order valence-corrected chi connectivity index (χ0v) is 7.84. The van der Waals surface area contributed by atoms with E-state index in [1.165, 1.54) is 12.8 Å². The van der Waals surface area contributed by atoms with Crippen molar-refractivity contribution in [2.75, 3.05) is 6.54 Å². The van der Waals surface area contributed by atoms with Gasteiger partial charge in [0.05, 0.1) is 6.04 Å². The second kappa shape index (κ2) is 3.90. The van der Waals surface area contributed by atoms with Gasteiger partial charge < -0.3 is 11.1 Å². The molecular formula is C9H18N2O. The molecule has 2 atom stereocenters. The van der Waals surface area contributed by atoms with E-state index in [9.17, 15) is 4.79 Å². The largest absolute Gasteiger partial charge is 0.368 e. The highest BCUT2D eigenvalue weighted by molar-refractivity contribution is 5.79. The zero-order valence-electron chi connectivity index (χ0n) is 7.84. The summed E-state index contributed by atoms with van der Waals surface area (Å²) >= 11 is 0. The minimum atomic E-state index is -0.266. The summed E-state index contributed by atoms with van der Waals surface area (Å²) in [6.45, 7) is 4.94. The van der Waals surface area contributed by atoms with Gasteiger partial charge in [-0.25, -0.2) is 0 Å². The number of hydrogen-bond acceptors (Lipinski definition) is 2. The third kappa shape index (κ3) is 2.81. The lowest BCUT2D eigenvalue weighted by molar-refractivity contribution is -0.119. The maximum atomic E-state index is 10.7. The van der Waals surface area contributed by atoms with Crippen molar-refractivity contribution in [1.82, 2.24) is 5.32 Å². The van der Waals surface area contributed by atoms with E-state index >= 15 is 0 Å². The van der Waals surface area contributed by atoms with Crippen molar-refractivity contribution in [3.8, 4) is 0 Å². The molecule has 3 nitrogen and oxygen atoms in total. The van der Waals surface area contributed by atoms with Gasteiger partial charge in [-0.05, 0) is 38.1 Å². The molecule has 0 aromatic carbocycles. The van der Waals surface area contributed by atoms with E-state index in [2.05, 4.69) is 12.2 Å². The minimum absolute atomic E-state index is 0.189. The van der Waals surface area contributed by atoms with Gasteiger partial charge in [0.15, 0.2) is 0 Å². The first-order chi connectivity index (χ1) is 5.61. The van der Waals surface area contributed by atoms with E-state index in [1.807, 2.05) is 6.92 Å². The van der Waals surface area contributed by atoms with E-state index in [4.69, 9.17) is 5.73 Å². The summed E-state index contributed by atoms with van der Waals surface area (Å²) in [5.74, 6) is 1.31. The molecular weight excluding hydrogens is 152 g/mol. The highest BCUT2D eigenvalue weighted by Gasteiger charge is 2.27. The van der Waals surface area contributed by atoms with Crippen LogP contribution in [-0.2, 0) is 4.79 Å². The van der Waals surface area contributed by atoms with E-state index in [1.54, 1.807) is 0 Å². The molecule has 3 N–H and O–H groups in total. The Morgan fingerprint density at radius 3 is 2.58 bits per heavy atom. The zero-order chi connectivity index (χ0) is 9.14. The summed E-state index contributed by atoms with van der Waals surface area (Å²) in [7, 11) is 0. The molecule has 3 heteroatoms. The van der Waals surface area contributed by atoms with Crippen LogP contribution in [0, 0.1) is 11.8 Å². The minimum Gasteiger partial charge on any atom is -0.368 e. The Morgan fingerprint density at radius 2 is 2.17 bits per heavy atom. The Balaban J connectivity index is 2.11. The van der Waals surface area contributed by atoms with Crippen LogP contribution in [0.1, 0.15) is 26.7 Å². The van der Waals surface area contributed by atoms with Gasteiger partial charge in [0, 0.05) is 0 Å². The molecule has 1 rings (SSSR count). The molecule has 1 saturated carbocycles. The topological polar surface area (TPSA) is 55.1 Å². The third-order valence-corrected chi connectivity index (χ3v) is 2.60. The van der Waals surface area contributed by atoms with Gasteiger partial charge in [-0.3, -0.25) is 4.79 Å². The fraction of sp³-hybridized carbons (Fsp3) is 0.889. The van der Waals surface area contributed by atoms with Gasteiger partial charge >= 0.3 is 0 Å². The number of carbonyl (C=O) groups excluding carboxylic acids is 1. The molecule has 70 valence electrons. The molecule has 0 aromatic heterocycles. The van der Waals surface area contributed by atoms with Gasteiger partial charge in [0.1, 0.15) is 0 Å². The molecule has 0 radical (unpaired) electrons. The SMILES string of the molecule is CC(NCC(C)C1CC1)C(N)=O. The van der Waals surface area contributed by atoms with Crippen LogP contribution in [0.5, 0.6) is 0 Å². The van der Waals surface area contributed by atoms with Crippen LogP contribution in [0.2, 0.25) is 0 Å². The first-order valence-corrected chi connectivity index (χ1v) is 4.64. The molecule has 0 spiro atoms. The van der Waals surface area contributed by atoms with Crippen molar-refractivity contribution in [2.45, 2.75) is 32.7 Å². The van der Waals surface area contributed by atoms with Crippen LogP contribution < -0.4 is 11.1 Å².